The van der Waals surface area contributed by atoms with Gasteiger partial charge in [0.25, 0.3) is 0 Å². The van der Waals surface area contributed by atoms with Crippen molar-refractivity contribution in [3.63, 3.8) is 0 Å². The monoisotopic (exact) mass is 281 g/mol. The molecule has 108 valence electrons. The van der Waals surface area contributed by atoms with Gasteiger partial charge in [-0.15, -0.1) is 11.8 Å². The van der Waals surface area contributed by atoms with Crippen LogP contribution in [0.4, 0.5) is 0 Å². The van der Waals surface area contributed by atoms with E-state index in [1.54, 1.807) is 0 Å². The van der Waals surface area contributed by atoms with Crippen LogP contribution in [0.25, 0.3) is 0 Å². The molecule has 1 N–H and O–H groups in total. The number of thioether (sulfide) groups is 1. The van der Waals surface area contributed by atoms with Crippen LogP contribution in [-0.2, 0) is 11.3 Å². The summed E-state index contributed by atoms with van der Waals surface area (Å²) in [5, 5.41) is 3.44. The van der Waals surface area contributed by atoms with E-state index in [-0.39, 0.29) is 5.60 Å². The Hall–Kier alpha value is -0.510. The average molecular weight is 281 g/mol. The Morgan fingerprint density at radius 3 is 2.63 bits per heavy atom. The summed E-state index contributed by atoms with van der Waals surface area (Å²) in [6.45, 7) is 12.3. The van der Waals surface area contributed by atoms with Gasteiger partial charge in [0.15, 0.2) is 0 Å². The van der Waals surface area contributed by atoms with Crippen LogP contribution in [0.2, 0.25) is 0 Å². The van der Waals surface area contributed by atoms with Gasteiger partial charge in [-0.3, -0.25) is 0 Å². The molecule has 0 aromatic heterocycles. The lowest BCUT2D eigenvalue weighted by atomic mass is 10.2. The summed E-state index contributed by atoms with van der Waals surface area (Å²) in [4.78, 5) is 1.32. The lowest BCUT2D eigenvalue weighted by molar-refractivity contribution is 0.00695. The lowest BCUT2D eigenvalue weighted by Gasteiger charge is -2.19. The Balaban J connectivity index is 2.35. The fraction of sp³-hybridized carbons (Fsp3) is 0.625. The molecule has 1 rings (SSSR count). The van der Waals surface area contributed by atoms with Gasteiger partial charge in [0.2, 0.25) is 0 Å². The van der Waals surface area contributed by atoms with Crippen molar-refractivity contribution in [1.82, 2.24) is 5.32 Å². The fourth-order valence-corrected chi connectivity index (χ4v) is 2.39. The van der Waals surface area contributed by atoms with Gasteiger partial charge in [-0.1, -0.05) is 26.0 Å². The van der Waals surface area contributed by atoms with E-state index < -0.39 is 0 Å². The highest BCUT2D eigenvalue weighted by Crippen LogP contribution is 2.20. The van der Waals surface area contributed by atoms with Crippen molar-refractivity contribution < 1.29 is 4.74 Å². The zero-order valence-corrected chi connectivity index (χ0v) is 13.6. The Morgan fingerprint density at radius 1 is 1.26 bits per heavy atom. The van der Waals surface area contributed by atoms with E-state index in [2.05, 4.69) is 64.2 Å². The molecule has 1 aromatic rings. The van der Waals surface area contributed by atoms with Crippen LogP contribution in [-0.4, -0.2) is 24.0 Å². The smallest absolute Gasteiger partial charge is 0.0598 e. The lowest BCUT2D eigenvalue weighted by Crippen LogP contribution is -2.21. The third kappa shape index (κ3) is 8.30. The molecule has 0 aliphatic heterocycles. The van der Waals surface area contributed by atoms with Gasteiger partial charge in [-0.2, -0.15) is 0 Å². The van der Waals surface area contributed by atoms with Gasteiger partial charge in [0, 0.05) is 23.2 Å². The minimum Gasteiger partial charge on any atom is -0.375 e. The molecule has 0 aliphatic rings. The first-order valence-electron chi connectivity index (χ1n) is 6.96. The molecule has 0 radical (unpaired) electrons. The first-order chi connectivity index (χ1) is 8.87. The summed E-state index contributed by atoms with van der Waals surface area (Å²) in [7, 11) is 0. The number of hydrogen-bond acceptors (Lipinski definition) is 3. The van der Waals surface area contributed by atoms with Crippen LogP contribution in [0.15, 0.2) is 29.2 Å². The van der Waals surface area contributed by atoms with E-state index >= 15 is 0 Å². The molecule has 2 nitrogen and oxygen atoms in total. The minimum absolute atomic E-state index is 0.0381. The first kappa shape index (κ1) is 16.5. The predicted molar refractivity (Wildman–Crippen MR) is 84.8 cm³/mol. The molecule has 0 heterocycles. The van der Waals surface area contributed by atoms with Crippen molar-refractivity contribution >= 4 is 11.8 Å². The van der Waals surface area contributed by atoms with Crippen LogP contribution in [0.5, 0.6) is 0 Å². The molecule has 0 saturated heterocycles. The van der Waals surface area contributed by atoms with Crippen molar-refractivity contribution in [3.05, 3.63) is 29.8 Å². The molecule has 0 spiro atoms. The van der Waals surface area contributed by atoms with E-state index in [4.69, 9.17) is 4.74 Å². The van der Waals surface area contributed by atoms with Gasteiger partial charge in [0.05, 0.1) is 12.2 Å². The van der Waals surface area contributed by atoms with E-state index in [1.165, 1.54) is 10.5 Å². The molecule has 0 aliphatic carbocycles. The van der Waals surface area contributed by atoms with Crippen molar-refractivity contribution in [2.24, 2.45) is 0 Å². The van der Waals surface area contributed by atoms with Crippen molar-refractivity contribution in [2.45, 2.75) is 57.7 Å². The molecule has 0 fully saturated rings. The number of rotatable bonds is 7. The topological polar surface area (TPSA) is 21.3 Å². The van der Waals surface area contributed by atoms with Crippen LogP contribution in [0, 0.1) is 0 Å². The Labute approximate surface area is 122 Å². The zero-order valence-electron chi connectivity index (χ0n) is 12.8. The Bertz CT molecular complexity index is 371. The second-order valence-electron chi connectivity index (χ2n) is 5.99. The van der Waals surface area contributed by atoms with Crippen molar-refractivity contribution in [3.8, 4) is 0 Å². The predicted octanol–water partition coefficient (Wildman–Crippen LogP) is 4.09. The van der Waals surface area contributed by atoms with Crippen LogP contribution < -0.4 is 5.32 Å². The molecule has 1 aromatic carbocycles. The van der Waals surface area contributed by atoms with Gasteiger partial charge in [-0.25, -0.2) is 0 Å². The van der Waals surface area contributed by atoms with Crippen LogP contribution >= 0.6 is 11.8 Å². The summed E-state index contributed by atoms with van der Waals surface area (Å²) < 4.78 is 5.73. The molecule has 0 unspecified atom stereocenters. The van der Waals surface area contributed by atoms with Crippen LogP contribution in [0.3, 0.4) is 0 Å². The first-order valence-corrected chi connectivity index (χ1v) is 7.94. The molecular weight excluding hydrogens is 254 g/mol. The molecule has 0 bridgehead atoms. The minimum atomic E-state index is -0.0381. The molecule has 0 atom stereocenters. The summed E-state index contributed by atoms with van der Waals surface area (Å²) in [6, 6.07) is 9.25. The highest BCUT2D eigenvalue weighted by atomic mass is 32.2. The summed E-state index contributed by atoms with van der Waals surface area (Å²) >= 11 is 1.86. The molecule has 0 saturated carbocycles. The largest absolute Gasteiger partial charge is 0.375 e. The number of benzene rings is 1. The van der Waals surface area contributed by atoms with Crippen LogP contribution in [0.1, 0.15) is 40.2 Å². The van der Waals surface area contributed by atoms with E-state index in [0.717, 1.165) is 18.9 Å². The molecule has 3 heteroatoms. The maximum absolute atomic E-state index is 5.73. The van der Waals surface area contributed by atoms with Gasteiger partial charge in [-0.05, 0) is 38.5 Å². The highest BCUT2D eigenvalue weighted by molar-refractivity contribution is 7.99. The number of ether oxygens (including phenoxy) is 1. The standard InChI is InChI=1S/C16H27NOS/c1-13(2)17-12-14-7-6-8-15(11-14)19-10-9-18-16(3,4)5/h6-8,11,13,17H,9-10,12H2,1-5H3. The summed E-state index contributed by atoms with van der Waals surface area (Å²) in [5.74, 6) is 0.998. The van der Waals surface area contributed by atoms with Crippen molar-refractivity contribution in [2.75, 3.05) is 12.4 Å². The van der Waals surface area contributed by atoms with E-state index in [0.29, 0.717) is 6.04 Å². The normalized spacial score (nSPS) is 12.1. The third-order valence-electron chi connectivity index (χ3n) is 2.50. The maximum Gasteiger partial charge on any atom is 0.0598 e. The van der Waals surface area contributed by atoms with E-state index in [9.17, 15) is 0 Å². The second-order valence-corrected chi connectivity index (χ2v) is 7.16. The highest BCUT2D eigenvalue weighted by Gasteiger charge is 2.09. The Kier molecular flexibility index (Phi) is 6.90. The fourth-order valence-electron chi connectivity index (χ4n) is 1.57. The average Bonchev–Trinajstić information content (AvgIpc) is 2.32. The molecular formula is C16H27NOS. The summed E-state index contributed by atoms with van der Waals surface area (Å²) in [5.41, 5.74) is 1.30. The quantitative estimate of drug-likeness (QED) is 0.601. The third-order valence-corrected chi connectivity index (χ3v) is 3.46. The van der Waals surface area contributed by atoms with E-state index in [1.807, 2.05) is 11.8 Å². The Morgan fingerprint density at radius 2 is 2.00 bits per heavy atom. The van der Waals surface area contributed by atoms with Gasteiger partial charge < -0.3 is 10.1 Å². The second kappa shape index (κ2) is 7.93. The van der Waals surface area contributed by atoms with Gasteiger partial charge in [0.1, 0.15) is 0 Å². The summed E-state index contributed by atoms with van der Waals surface area (Å²) in [6.07, 6.45) is 0. The maximum atomic E-state index is 5.73. The molecule has 0 amide bonds. The molecule has 19 heavy (non-hydrogen) atoms. The number of hydrogen-bond donors (Lipinski definition) is 1. The number of nitrogens with one attached hydrogen (secondary N) is 1. The van der Waals surface area contributed by atoms with Gasteiger partial charge >= 0.3 is 0 Å². The SMILES string of the molecule is CC(C)NCc1cccc(SCCOC(C)(C)C)c1. The van der Waals surface area contributed by atoms with Crippen molar-refractivity contribution in [1.29, 1.82) is 0 Å². The zero-order chi connectivity index (χ0) is 14.3.